The zero-order valence-electron chi connectivity index (χ0n) is 19.0. The number of pyridine rings is 1. The van der Waals surface area contributed by atoms with Crippen molar-refractivity contribution in [1.82, 2.24) is 25.4 Å². The summed E-state index contributed by atoms with van der Waals surface area (Å²) < 4.78 is 7.81. The number of hydrogen-bond acceptors (Lipinski definition) is 4. The Morgan fingerprint density at radius 2 is 2.03 bits per heavy atom. The van der Waals surface area contributed by atoms with Crippen molar-refractivity contribution in [3.63, 3.8) is 0 Å². The molecular weight excluding hydrogens is 388 g/mol. The maximum Gasteiger partial charge on any atom is 0.191 e. The van der Waals surface area contributed by atoms with Gasteiger partial charge in [-0.05, 0) is 62.6 Å². The molecule has 7 nitrogen and oxygen atoms in total. The summed E-state index contributed by atoms with van der Waals surface area (Å²) in [5, 5.41) is 11.4. The van der Waals surface area contributed by atoms with Gasteiger partial charge >= 0.3 is 0 Å². The normalized spacial score (nSPS) is 12.5. The highest BCUT2D eigenvalue weighted by Crippen LogP contribution is 2.15. The Bertz CT molecular complexity index is 1010. The third-order valence-electron chi connectivity index (χ3n) is 5.25. The molecule has 7 heteroatoms. The Hall–Kier alpha value is -3.35. The first-order valence-corrected chi connectivity index (χ1v) is 10.5. The molecule has 2 heterocycles. The summed E-state index contributed by atoms with van der Waals surface area (Å²) in [6, 6.07) is 14.1. The zero-order valence-corrected chi connectivity index (χ0v) is 19.0. The van der Waals surface area contributed by atoms with Gasteiger partial charge in [-0.3, -0.25) is 14.7 Å². The van der Waals surface area contributed by atoms with Crippen LogP contribution in [0.15, 0.2) is 53.7 Å². The molecular formula is C24H32N6O. The standard InChI is InChI=1S/C24H32N6O/c1-17(13-23-18(2)29-30(5)19(23)3)28-24(25-4)27-15-20-9-8-11-22(14-20)31-16-21-10-6-7-12-26-21/h6-12,14,17H,13,15-16H2,1-5H3,(H2,25,27,28). The molecule has 31 heavy (non-hydrogen) atoms. The van der Waals surface area contributed by atoms with Gasteiger partial charge in [-0.25, -0.2) is 0 Å². The highest BCUT2D eigenvalue weighted by Gasteiger charge is 2.14. The van der Waals surface area contributed by atoms with Gasteiger partial charge in [-0.1, -0.05) is 18.2 Å². The van der Waals surface area contributed by atoms with Gasteiger partial charge in [0.1, 0.15) is 12.4 Å². The van der Waals surface area contributed by atoms with Crippen LogP contribution in [0.25, 0.3) is 0 Å². The summed E-state index contributed by atoms with van der Waals surface area (Å²) in [6.07, 6.45) is 2.67. The monoisotopic (exact) mass is 420 g/mol. The molecule has 1 unspecified atom stereocenters. The Balaban J connectivity index is 1.52. The van der Waals surface area contributed by atoms with Crippen LogP contribution in [0.2, 0.25) is 0 Å². The lowest BCUT2D eigenvalue weighted by atomic mass is 10.1. The van der Waals surface area contributed by atoms with E-state index < -0.39 is 0 Å². The van der Waals surface area contributed by atoms with Crippen molar-refractivity contribution < 1.29 is 4.74 Å². The van der Waals surface area contributed by atoms with Gasteiger partial charge in [0.25, 0.3) is 0 Å². The fraction of sp³-hybridized carbons (Fsp3) is 0.375. The quantitative estimate of drug-likeness (QED) is 0.432. The first-order valence-electron chi connectivity index (χ1n) is 10.5. The average Bonchev–Trinajstić information content (AvgIpc) is 3.02. The summed E-state index contributed by atoms with van der Waals surface area (Å²) in [5.41, 5.74) is 5.60. The van der Waals surface area contributed by atoms with Gasteiger partial charge in [-0.2, -0.15) is 5.10 Å². The van der Waals surface area contributed by atoms with E-state index in [2.05, 4.69) is 52.5 Å². The van der Waals surface area contributed by atoms with Crippen molar-refractivity contribution in [3.05, 3.63) is 76.9 Å². The van der Waals surface area contributed by atoms with Crippen molar-refractivity contribution in [2.24, 2.45) is 12.0 Å². The first-order chi connectivity index (χ1) is 15.0. The number of aliphatic imine (C=N–C) groups is 1. The lowest BCUT2D eigenvalue weighted by Crippen LogP contribution is -2.42. The van der Waals surface area contributed by atoms with Gasteiger partial charge in [0.05, 0.1) is 11.4 Å². The number of benzene rings is 1. The molecule has 0 fully saturated rings. The molecule has 2 aromatic heterocycles. The number of ether oxygens (including phenoxy) is 1. The van der Waals surface area contributed by atoms with E-state index >= 15 is 0 Å². The maximum atomic E-state index is 5.88. The van der Waals surface area contributed by atoms with Crippen LogP contribution in [0.3, 0.4) is 0 Å². The minimum atomic E-state index is 0.223. The number of hydrogen-bond donors (Lipinski definition) is 2. The predicted octanol–water partition coefficient (Wildman–Crippen LogP) is 3.31. The molecule has 0 amide bonds. The van der Waals surface area contributed by atoms with Gasteiger partial charge in [-0.15, -0.1) is 0 Å². The van der Waals surface area contributed by atoms with Gasteiger partial charge in [0.2, 0.25) is 0 Å². The molecule has 0 aliphatic heterocycles. The van der Waals surface area contributed by atoms with E-state index in [0.717, 1.165) is 35.1 Å². The van der Waals surface area contributed by atoms with E-state index in [9.17, 15) is 0 Å². The van der Waals surface area contributed by atoms with Crippen molar-refractivity contribution >= 4 is 5.96 Å². The number of aryl methyl sites for hydroxylation is 2. The maximum absolute atomic E-state index is 5.88. The van der Waals surface area contributed by atoms with Crippen LogP contribution in [-0.4, -0.2) is 33.8 Å². The summed E-state index contributed by atoms with van der Waals surface area (Å²) in [4.78, 5) is 8.66. The molecule has 1 aromatic carbocycles. The summed E-state index contributed by atoms with van der Waals surface area (Å²) in [7, 11) is 3.77. The van der Waals surface area contributed by atoms with Crippen LogP contribution in [-0.2, 0) is 26.6 Å². The van der Waals surface area contributed by atoms with Crippen LogP contribution >= 0.6 is 0 Å². The SMILES string of the molecule is CN=C(NCc1cccc(OCc2ccccn2)c1)NC(C)Cc1c(C)nn(C)c1C. The minimum absolute atomic E-state index is 0.223. The third kappa shape index (κ3) is 6.31. The Labute approximate surface area is 184 Å². The zero-order chi connectivity index (χ0) is 22.2. The summed E-state index contributed by atoms with van der Waals surface area (Å²) in [5.74, 6) is 1.59. The predicted molar refractivity (Wildman–Crippen MR) is 124 cm³/mol. The Morgan fingerprint density at radius 1 is 1.19 bits per heavy atom. The van der Waals surface area contributed by atoms with Crippen LogP contribution in [0.1, 0.15) is 35.1 Å². The number of rotatable bonds is 8. The molecule has 0 radical (unpaired) electrons. The summed E-state index contributed by atoms with van der Waals surface area (Å²) >= 11 is 0. The molecule has 1 atom stereocenters. The summed E-state index contributed by atoms with van der Waals surface area (Å²) in [6.45, 7) is 7.43. The van der Waals surface area contributed by atoms with Crippen LogP contribution < -0.4 is 15.4 Å². The molecule has 3 rings (SSSR count). The van der Waals surface area contributed by atoms with E-state index in [-0.39, 0.29) is 6.04 Å². The van der Waals surface area contributed by atoms with Crippen molar-refractivity contribution in [3.8, 4) is 5.75 Å². The number of aromatic nitrogens is 3. The molecule has 0 aliphatic rings. The van der Waals surface area contributed by atoms with Crippen LogP contribution in [0.5, 0.6) is 5.75 Å². The highest BCUT2D eigenvalue weighted by atomic mass is 16.5. The second-order valence-corrected chi connectivity index (χ2v) is 7.71. The highest BCUT2D eigenvalue weighted by molar-refractivity contribution is 5.79. The van der Waals surface area contributed by atoms with Crippen molar-refractivity contribution in [2.75, 3.05) is 7.05 Å². The van der Waals surface area contributed by atoms with E-state index in [1.165, 1.54) is 11.3 Å². The van der Waals surface area contributed by atoms with Gasteiger partial charge < -0.3 is 15.4 Å². The number of nitrogens with zero attached hydrogens (tertiary/aromatic N) is 4. The van der Waals surface area contributed by atoms with E-state index in [4.69, 9.17) is 4.74 Å². The van der Waals surface area contributed by atoms with E-state index in [0.29, 0.717) is 13.2 Å². The Morgan fingerprint density at radius 3 is 2.71 bits per heavy atom. The minimum Gasteiger partial charge on any atom is -0.487 e. The average molecular weight is 421 g/mol. The van der Waals surface area contributed by atoms with E-state index in [1.807, 2.05) is 48.1 Å². The molecule has 0 saturated carbocycles. The lowest BCUT2D eigenvalue weighted by Gasteiger charge is -2.18. The van der Waals surface area contributed by atoms with E-state index in [1.54, 1.807) is 13.2 Å². The topological polar surface area (TPSA) is 76.4 Å². The molecule has 0 saturated heterocycles. The largest absolute Gasteiger partial charge is 0.487 e. The second-order valence-electron chi connectivity index (χ2n) is 7.71. The Kier molecular flexibility index (Phi) is 7.65. The lowest BCUT2D eigenvalue weighted by molar-refractivity contribution is 0.301. The molecule has 0 spiro atoms. The van der Waals surface area contributed by atoms with Crippen molar-refractivity contribution in [2.45, 2.75) is 46.4 Å². The third-order valence-corrected chi connectivity index (χ3v) is 5.25. The molecule has 0 aliphatic carbocycles. The van der Waals surface area contributed by atoms with Crippen LogP contribution in [0, 0.1) is 13.8 Å². The smallest absolute Gasteiger partial charge is 0.191 e. The molecule has 164 valence electrons. The fourth-order valence-corrected chi connectivity index (χ4v) is 3.47. The fourth-order valence-electron chi connectivity index (χ4n) is 3.47. The van der Waals surface area contributed by atoms with Crippen molar-refractivity contribution in [1.29, 1.82) is 0 Å². The molecule has 3 aromatic rings. The van der Waals surface area contributed by atoms with Gasteiger partial charge in [0.15, 0.2) is 5.96 Å². The molecule has 0 bridgehead atoms. The number of guanidine groups is 1. The number of nitrogens with one attached hydrogen (secondary N) is 2. The van der Waals surface area contributed by atoms with Gasteiger partial charge in [0, 0.05) is 38.6 Å². The van der Waals surface area contributed by atoms with Crippen LogP contribution in [0.4, 0.5) is 0 Å². The first kappa shape index (κ1) is 22.3. The second kappa shape index (κ2) is 10.6. The molecule has 2 N–H and O–H groups in total.